The van der Waals surface area contributed by atoms with Crippen molar-refractivity contribution in [3.63, 3.8) is 0 Å². The fourth-order valence-corrected chi connectivity index (χ4v) is 4.07. The summed E-state index contributed by atoms with van der Waals surface area (Å²) in [5.41, 5.74) is 1.80. The lowest BCUT2D eigenvalue weighted by Gasteiger charge is -2.32. The van der Waals surface area contributed by atoms with Crippen LogP contribution in [-0.2, 0) is 22.3 Å². The molecule has 9 heteroatoms. The molecule has 0 aromatic heterocycles. The minimum atomic E-state index is -3.26. The Labute approximate surface area is 186 Å². The summed E-state index contributed by atoms with van der Waals surface area (Å²) in [6.45, 7) is 6.26. The smallest absolute Gasteiger partial charge is 0.215 e. The van der Waals surface area contributed by atoms with Crippen molar-refractivity contribution >= 4 is 40.0 Å². The van der Waals surface area contributed by atoms with E-state index in [0.717, 1.165) is 43.0 Å². The van der Waals surface area contributed by atoms with Gasteiger partial charge in [0.2, 0.25) is 10.0 Å². The second-order valence-electron chi connectivity index (χ2n) is 6.97. The summed E-state index contributed by atoms with van der Waals surface area (Å²) >= 11 is 0. The molecule has 1 aliphatic rings. The maximum atomic E-state index is 11.7. The summed E-state index contributed by atoms with van der Waals surface area (Å²) in [5.74, 6) is 0.776. The van der Waals surface area contributed by atoms with Gasteiger partial charge in [-0.25, -0.2) is 13.1 Å². The van der Waals surface area contributed by atoms with Crippen molar-refractivity contribution in [2.75, 3.05) is 33.7 Å². The summed E-state index contributed by atoms with van der Waals surface area (Å²) in [4.78, 5) is 6.84. The van der Waals surface area contributed by atoms with Crippen molar-refractivity contribution < 1.29 is 8.42 Å². The van der Waals surface area contributed by atoms with Gasteiger partial charge in [0.25, 0.3) is 0 Å². The maximum absolute atomic E-state index is 11.7. The molecule has 1 aromatic carbocycles. The zero-order valence-corrected chi connectivity index (χ0v) is 20.2. The van der Waals surface area contributed by atoms with Crippen LogP contribution < -0.4 is 15.4 Å². The first-order valence-corrected chi connectivity index (χ1v) is 11.3. The van der Waals surface area contributed by atoms with Crippen LogP contribution in [0.3, 0.4) is 0 Å². The lowest BCUT2D eigenvalue weighted by atomic mass is 10.1. The molecule has 0 saturated carbocycles. The van der Waals surface area contributed by atoms with Gasteiger partial charge in [0, 0.05) is 32.7 Å². The van der Waals surface area contributed by atoms with Crippen molar-refractivity contribution in [1.82, 2.24) is 20.3 Å². The fourth-order valence-electron chi connectivity index (χ4n) is 3.31. The third-order valence-electron chi connectivity index (χ3n) is 4.81. The summed E-state index contributed by atoms with van der Waals surface area (Å²) in [7, 11) is -0.0547. The normalized spacial score (nSPS) is 16.5. The molecular formula is C19H34IN5O2S. The molecular weight excluding hydrogens is 489 g/mol. The number of hydrogen-bond donors (Lipinski definition) is 3. The number of nitrogens with one attached hydrogen (secondary N) is 3. The highest BCUT2D eigenvalue weighted by molar-refractivity contribution is 14.0. The van der Waals surface area contributed by atoms with Crippen molar-refractivity contribution in [2.45, 2.75) is 44.5 Å². The van der Waals surface area contributed by atoms with Crippen LogP contribution in [0.25, 0.3) is 0 Å². The zero-order valence-electron chi connectivity index (χ0n) is 17.1. The molecule has 1 aliphatic heterocycles. The van der Waals surface area contributed by atoms with Gasteiger partial charge in [-0.3, -0.25) is 4.99 Å². The van der Waals surface area contributed by atoms with Gasteiger partial charge in [0.15, 0.2) is 5.96 Å². The molecule has 2 rings (SSSR count). The highest BCUT2D eigenvalue weighted by Gasteiger charge is 2.19. The summed E-state index contributed by atoms with van der Waals surface area (Å²) in [6, 6.07) is 8.06. The molecule has 3 N–H and O–H groups in total. The predicted molar refractivity (Wildman–Crippen MR) is 127 cm³/mol. The molecule has 1 saturated heterocycles. The van der Waals surface area contributed by atoms with E-state index in [9.17, 15) is 8.42 Å². The zero-order chi connectivity index (χ0) is 19.7. The molecule has 1 aromatic rings. The van der Waals surface area contributed by atoms with Crippen LogP contribution in [0.15, 0.2) is 29.3 Å². The number of halogens is 1. The Hall–Kier alpha value is -0.910. The van der Waals surface area contributed by atoms with Crippen molar-refractivity contribution in [3.05, 3.63) is 35.4 Å². The highest BCUT2D eigenvalue weighted by Crippen LogP contribution is 2.11. The molecule has 1 fully saturated rings. The van der Waals surface area contributed by atoms with E-state index in [-0.39, 0.29) is 29.7 Å². The van der Waals surface area contributed by atoms with E-state index in [0.29, 0.717) is 12.6 Å². The summed E-state index contributed by atoms with van der Waals surface area (Å²) in [6.07, 6.45) is 3.45. The lowest BCUT2D eigenvalue weighted by Crippen LogP contribution is -2.48. The van der Waals surface area contributed by atoms with Crippen LogP contribution in [0, 0.1) is 0 Å². The first kappa shape index (κ1) is 25.1. The van der Waals surface area contributed by atoms with Gasteiger partial charge >= 0.3 is 0 Å². The number of rotatable bonds is 8. The van der Waals surface area contributed by atoms with E-state index < -0.39 is 10.0 Å². The third-order valence-corrected chi connectivity index (χ3v) is 6.15. The molecule has 0 atom stereocenters. The summed E-state index contributed by atoms with van der Waals surface area (Å²) < 4.78 is 25.8. The van der Waals surface area contributed by atoms with Crippen molar-refractivity contribution in [3.8, 4) is 0 Å². The number of sulfonamides is 1. The number of guanidine groups is 1. The third kappa shape index (κ3) is 8.62. The molecule has 160 valence electrons. The van der Waals surface area contributed by atoms with Crippen LogP contribution in [-0.4, -0.2) is 59.0 Å². The molecule has 1 heterocycles. The number of nitrogens with zero attached hydrogens (tertiary/aromatic N) is 2. The fraction of sp³-hybridized carbons (Fsp3) is 0.632. The number of hydrogen-bond acceptors (Lipinski definition) is 4. The van der Waals surface area contributed by atoms with Gasteiger partial charge in [0.05, 0.1) is 5.75 Å². The molecule has 0 aliphatic carbocycles. The first-order chi connectivity index (χ1) is 13.0. The van der Waals surface area contributed by atoms with Gasteiger partial charge in [0.1, 0.15) is 0 Å². The Morgan fingerprint density at radius 3 is 2.54 bits per heavy atom. The first-order valence-electron chi connectivity index (χ1n) is 9.64. The average Bonchev–Trinajstić information content (AvgIpc) is 2.66. The van der Waals surface area contributed by atoms with E-state index in [4.69, 9.17) is 0 Å². The maximum Gasteiger partial charge on any atom is 0.215 e. The molecule has 0 bridgehead atoms. The molecule has 0 spiro atoms. The van der Waals surface area contributed by atoms with Gasteiger partial charge in [-0.05, 0) is 44.0 Å². The standard InChI is InChI=1S/C19H33N5O2S.HI/c1-4-10-24-11-8-18(9-12-24)23-19(20-2)22-14-16-6-5-7-17(13-16)15-27(25,26)21-3;/h5-7,13,18,21H,4,8-12,14-15H2,1-3H3,(H2,20,22,23);1H. The molecule has 28 heavy (non-hydrogen) atoms. The Bertz CT molecular complexity index is 719. The van der Waals surface area contributed by atoms with Gasteiger partial charge in [-0.1, -0.05) is 31.2 Å². The number of aliphatic imine (C=N–C) groups is 1. The molecule has 0 amide bonds. The van der Waals surface area contributed by atoms with Crippen LogP contribution >= 0.6 is 24.0 Å². The van der Waals surface area contributed by atoms with Crippen LogP contribution in [0.5, 0.6) is 0 Å². The number of piperidine rings is 1. The van der Waals surface area contributed by atoms with Crippen LogP contribution in [0.4, 0.5) is 0 Å². The number of likely N-dealkylation sites (tertiary alicyclic amines) is 1. The van der Waals surface area contributed by atoms with E-state index >= 15 is 0 Å². The van der Waals surface area contributed by atoms with Crippen LogP contribution in [0.1, 0.15) is 37.3 Å². The monoisotopic (exact) mass is 523 g/mol. The van der Waals surface area contributed by atoms with Crippen molar-refractivity contribution in [2.24, 2.45) is 4.99 Å². The Morgan fingerprint density at radius 2 is 1.93 bits per heavy atom. The molecule has 0 radical (unpaired) electrons. The second-order valence-corrected chi connectivity index (χ2v) is 8.90. The number of benzene rings is 1. The second kappa shape index (κ2) is 12.6. The van der Waals surface area contributed by atoms with E-state index in [2.05, 4.69) is 32.2 Å². The lowest BCUT2D eigenvalue weighted by molar-refractivity contribution is 0.206. The largest absolute Gasteiger partial charge is 0.354 e. The Kier molecular flexibility index (Phi) is 11.3. The molecule has 0 unspecified atom stereocenters. The Morgan fingerprint density at radius 1 is 1.25 bits per heavy atom. The minimum absolute atomic E-state index is 0. The van der Waals surface area contributed by atoms with Gasteiger partial charge in [-0.15, -0.1) is 24.0 Å². The van der Waals surface area contributed by atoms with Gasteiger partial charge in [-0.2, -0.15) is 0 Å². The SMILES string of the molecule is CCCN1CCC(NC(=NC)NCc2cccc(CS(=O)(=O)NC)c2)CC1.I. The highest BCUT2D eigenvalue weighted by atomic mass is 127. The van der Waals surface area contributed by atoms with E-state index in [1.54, 1.807) is 7.05 Å². The summed E-state index contributed by atoms with van der Waals surface area (Å²) in [5, 5.41) is 6.84. The van der Waals surface area contributed by atoms with E-state index in [1.807, 2.05) is 24.3 Å². The van der Waals surface area contributed by atoms with Gasteiger partial charge < -0.3 is 15.5 Å². The predicted octanol–water partition coefficient (Wildman–Crippen LogP) is 1.89. The molecule has 7 nitrogen and oxygen atoms in total. The van der Waals surface area contributed by atoms with Crippen molar-refractivity contribution in [1.29, 1.82) is 0 Å². The quantitative estimate of drug-likeness (QED) is 0.276. The topological polar surface area (TPSA) is 85.8 Å². The van der Waals surface area contributed by atoms with E-state index in [1.165, 1.54) is 20.0 Å². The minimum Gasteiger partial charge on any atom is -0.354 e. The average molecular weight is 523 g/mol. The van der Waals surface area contributed by atoms with Crippen LogP contribution in [0.2, 0.25) is 0 Å². The Balaban J connectivity index is 0.00000392.